The standard InChI is InChI=1S/C17H34N4/c1-12-19-9-13(10-20-12)11-21-15(17(2,3)4)8-14-6-5-7-18-16(14)21/h12-16,18-20H,5-11H2,1-4H3. The normalized spacial score (nSPS) is 42.0. The third-order valence-electron chi connectivity index (χ3n) is 5.73. The molecule has 4 nitrogen and oxygen atoms in total. The van der Waals surface area contributed by atoms with E-state index in [9.17, 15) is 0 Å². The van der Waals surface area contributed by atoms with Gasteiger partial charge in [-0.25, -0.2) is 0 Å². The van der Waals surface area contributed by atoms with Crippen molar-refractivity contribution in [1.29, 1.82) is 0 Å². The van der Waals surface area contributed by atoms with Gasteiger partial charge in [-0.3, -0.25) is 4.90 Å². The fourth-order valence-corrected chi connectivity index (χ4v) is 4.54. The van der Waals surface area contributed by atoms with Crippen molar-refractivity contribution in [3.05, 3.63) is 0 Å². The van der Waals surface area contributed by atoms with Crippen LogP contribution in [0.4, 0.5) is 0 Å². The molecule has 0 saturated carbocycles. The van der Waals surface area contributed by atoms with Gasteiger partial charge in [0.2, 0.25) is 0 Å². The van der Waals surface area contributed by atoms with Crippen molar-refractivity contribution < 1.29 is 0 Å². The molecule has 3 saturated heterocycles. The van der Waals surface area contributed by atoms with Crippen LogP contribution in [0.2, 0.25) is 0 Å². The van der Waals surface area contributed by atoms with Crippen LogP contribution in [0.3, 0.4) is 0 Å². The van der Waals surface area contributed by atoms with Crippen molar-refractivity contribution in [2.45, 2.75) is 65.3 Å². The van der Waals surface area contributed by atoms with Crippen molar-refractivity contribution in [3.63, 3.8) is 0 Å². The Morgan fingerprint density at radius 2 is 1.81 bits per heavy atom. The number of likely N-dealkylation sites (tertiary alicyclic amines) is 1. The van der Waals surface area contributed by atoms with E-state index in [1.807, 2.05) is 0 Å². The van der Waals surface area contributed by atoms with Gasteiger partial charge >= 0.3 is 0 Å². The van der Waals surface area contributed by atoms with E-state index in [4.69, 9.17) is 0 Å². The van der Waals surface area contributed by atoms with Gasteiger partial charge < -0.3 is 16.0 Å². The zero-order chi connectivity index (χ0) is 15.0. The van der Waals surface area contributed by atoms with E-state index in [2.05, 4.69) is 48.5 Å². The molecule has 0 aromatic rings. The third kappa shape index (κ3) is 3.44. The van der Waals surface area contributed by atoms with E-state index in [0.717, 1.165) is 31.0 Å². The number of hydrogen-bond acceptors (Lipinski definition) is 4. The average molecular weight is 294 g/mol. The van der Waals surface area contributed by atoms with Crippen molar-refractivity contribution in [2.75, 3.05) is 26.2 Å². The van der Waals surface area contributed by atoms with E-state index in [1.165, 1.54) is 32.4 Å². The third-order valence-corrected chi connectivity index (χ3v) is 5.73. The minimum Gasteiger partial charge on any atom is -0.302 e. The highest BCUT2D eigenvalue weighted by Crippen LogP contribution is 2.41. The van der Waals surface area contributed by atoms with Crippen LogP contribution in [0, 0.1) is 17.3 Å². The zero-order valence-corrected chi connectivity index (χ0v) is 14.3. The molecular formula is C17H34N4. The number of fused-ring (bicyclic) bond motifs is 1. The quantitative estimate of drug-likeness (QED) is 0.723. The first kappa shape index (κ1) is 15.7. The van der Waals surface area contributed by atoms with Gasteiger partial charge in [0.1, 0.15) is 0 Å². The fraction of sp³-hybridized carbons (Fsp3) is 1.00. The molecule has 0 spiro atoms. The molecule has 21 heavy (non-hydrogen) atoms. The Bertz CT molecular complexity index is 343. The molecule has 3 heterocycles. The monoisotopic (exact) mass is 294 g/mol. The lowest BCUT2D eigenvalue weighted by atomic mass is 9.82. The molecule has 3 N–H and O–H groups in total. The Balaban J connectivity index is 1.69. The predicted molar refractivity (Wildman–Crippen MR) is 88.0 cm³/mol. The number of piperidine rings is 1. The molecule has 4 heteroatoms. The second-order valence-electron chi connectivity index (χ2n) is 8.52. The summed E-state index contributed by atoms with van der Waals surface area (Å²) in [6, 6.07) is 0.720. The van der Waals surface area contributed by atoms with Gasteiger partial charge in [0.25, 0.3) is 0 Å². The van der Waals surface area contributed by atoms with Gasteiger partial charge in [-0.15, -0.1) is 0 Å². The van der Waals surface area contributed by atoms with Crippen LogP contribution in [-0.2, 0) is 0 Å². The lowest BCUT2D eigenvalue weighted by Gasteiger charge is -2.42. The van der Waals surface area contributed by atoms with E-state index in [1.54, 1.807) is 0 Å². The molecule has 0 amide bonds. The number of rotatable bonds is 2. The van der Waals surface area contributed by atoms with Crippen LogP contribution in [0.5, 0.6) is 0 Å². The Kier molecular flexibility index (Phi) is 4.60. The summed E-state index contributed by atoms with van der Waals surface area (Å²) in [7, 11) is 0. The van der Waals surface area contributed by atoms with E-state index in [0.29, 0.717) is 17.7 Å². The van der Waals surface area contributed by atoms with Gasteiger partial charge in [0.05, 0.1) is 12.3 Å². The Morgan fingerprint density at radius 1 is 1.10 bits per heavy atom. The highest BCUT2D eigenvalue weighted by molar-refractivity contribution is 5.00. The second kappa shape index (κ2) is 6.15. The van der Waals surface area contributed by atoms with E-state index >= 15 is 0 Å². The van der Waals surface area contributed by atoms with Crippen LogP contribution in [0.1, 0.15) is 47.0 Å². The molecule has 0 radical (unpaired) electrons. The minimum absolute atomic E-state index is 0.377. The molecule has 0 aromatic heterocycles. The molecule has 3 atom stereocenters. The van der Waals surface area contributed by atoms with Gasteiger partial charge in [0.15, 0.2) is 0 Å². The van der Waals surface area contributed by atoms with Gasteiger partial charge in [0, 0.05) is 25.7 Å². The molecule has 0 bridgehead atoms. The number of nitrogens with zero attached hydrogens (tertiary/aromatic N) is 1. The van der Waals surface area contributed by atoms with Gasteiger partial charge in [-0.05, 0) is 50.0 Å². The SMILES string of the molecule is CC1NCC(CN2C3NCCCC3CC2C(C)(C)C)CN1. The lowest BCUT2D eigenvalue weighted by molar-refractivity contribution is 0.0607. The van der Waals surface area contributed by atoms with Crippen LogP contribution in [0.15, 0.2) is 0 Å². The van der Waals surface area contributed by atoms with Crippen LogP contribution < -0.4 is 16.0 Å². The average Bonchev–Trinajstić information content (AvgIpc) is 2.81. The van der Waals surface area contributed by atoms with E-state index < -0.39 is 0 Å². The molecule has 3 aliphatic rings. The maximum Gasteiger partial charge on any atom is 0.0629 e. The molecule has 122 valence electrons. The summed E-state index contributed by atoms with van der Waals surface area (Å²) in [5.74, 6) is 1.60. The Morgan fingerprint density at radius 3 is 2.48 bits per heavy atom. The molecule has 0 aliphatic carbocycles. The van der Waals surface area contributed by atoms with Crippen molar-refractivity contribution in [1.82, 2.24) is 20.9 Å². The molecule has 3 rings (SSSR count). The summed E-state index contributed by atoms with van der Waals surface area (Å²) in [5.41, 5.74) is 0.377. The smallest absolute Gasteiger partial charge is 0.0629 e. The molecule has 0 aromatic carbocycles. The maximum absolute atomic E-state index is 3.82. The van der Waals surface area contributed by atoms with Crippen LogP contribution >= 0.6 is 0 Å². The zero-order valence-electron chi connectivity index (χ0n) is 14.3. The highest BCUT2D eigenvalue weighted by atomic mass is 15.3. The largest absolute Gasteiger partial charge is 0.302 e. The van der Waals surface area contributed by atoms with Crippen molar-refractivity contribution in [2.24, 2.45) is 17.3 Å². The van der Waals surface area contributed by atoms with Crippen LogP contribution in [-0.4, -0.2) is 49.5 Å². The molecule has 3 aliphatic heterocycles. The maximum atomic E-state index is 3.82. The number of hydrogen-bond donors (Lipinski definition) is 3. The summed E-state index contributed by atoms with van der Waals surface area (Å²) >= 11 is 0. The lowest BCUT2D eigenvalue weighted by Crippen LogP contribution is -2.58. The van der Waals surface area contributed by atoms with Gasteiger partial charge in [-0.1, -0.05) is 20.8 Å². The molecule has 3 fully saturated rings. The molecule has 3 unspecified atom stereocenters. The first-order chi connectivity index (χ1) is 9.95. The topological polar surface area (TPSA) is 39.3 Å². The first-order valence-corrected chi connectivity index (χ1v) is 8.91. The fourth-order valence-electron chi connectivity index (χ4n) is 4.54. The Hall–Kier alpha value is -0.160. The molecular weight excluding hydrogens is 260 g/mol. The minimum atomic E-state index is 0.377. The summed E-state index contributed by atoms with van der Waals surface area (Å²) in [6.07, 6.45) is 5.25. The van der Waals surface area contributed by atoms with Gasteiger partial charge in [-0.2, -0.15) is 0 Å². The summed E-state index contributed by atoms with van der Waals surface area (Å²) in [5, 5.41) is 11.0. The number of nitrogens with one attached hydrogen (secondary N) is 3. The predicted octanol–water partition coefficient (Wildman–Crippen LogP) is 1.59. The van der Waals surface area contributed by atoms with E-state index in [-0.39, 0.29) is 0 Å². The highest BCUT2D eigenvalue weighted by Gasteiger charge is 2.46. The van der Waals surface area contributed by atoms with Crippen LogP contribution in [0.25, 0.3) is 0 Å². The van der Waals surface area contributed by atoms with Crippen molar-refractivity contribution >= 4 is 0 Å². The van der Waals surface area contributed by atoms with Crippen molar-refractivity contribution in [3.8, 4) is 0 Å². The summed E-state index contributed by atoms with van der Waals surface area (Å²) in [6.45, 7) is 14.2. The first-order valence-electron chi connectivity index (χ1n) is 8.91. The summed E-state index contributed by atoms with van der Waals surface area (Å²) in [4.78, 5) is 2.81. The Labute approximate surface area is 130 Å². The second-order valence-corrected chi connectivity index (χ2v) is 8.52. The summed E-state index contributed by atoms with van der Waals surface area (Å²) < 4.78 is 0.